The quantitative estimate of drug-likeness (QED) is 0.136. The van der Waals surface area contributed by atoms with E-state index in [0.29, 0.717) is 5.57 Å². The number of nitrogens with two attached hydrogens (primary N) is 1. The van der Waals surface area contributed by atoms with E-state index in [1.54, 1.807) is 6.92 Å². The SMILES string of the molecule is CCO/N=C(\C(=O)N[C@@H]1C(=O)N2C(C(=O)O)=C(COC(C)=O)CS[C@H]12)c1csc(N)n1.[NaH]. The Morgan fingerprint density at radius 3 is 2.72 bits per heavy atom. The van der Waals surface area contributed by atoms with Crippen LogP contribution in [0.2, 0.25) is 0 Å². The van der Waals surface area contributed by atoms with Gasteiger partial charge in [0, 0.05) is 23.6 Å². The molecule has 1 fully saturated rings. The molecular weight excluding hydrogens is 473 g/mol. The van der Waals surface area contributed by atoms with Crippen LogP contribution in [0.4, 0.5) is 5.13 Å². The number of thiazole rings is 1. The van der Waals surface area contributed by atoms with Crippen molar-refractivity contribution < 1.29 is 33.9 Å². The van der Waals surface area contributed by atoms with Gasteiger partial charge in [-0.15, -0.1) is 23.1 Å². The fourth-order valence-electron chi connectivity index (χ4n) is 2.92. The Morgan fingerprint density at radius 2 is 2.16 bits per heavy atom. The van der Waals surface area contributed by atoms with Crippen molar-refractivity contribution in [3.63, 3.8) is 0 Å². The molecule has 4 N–H and O–H groups in total. The normalized spacial score (nSPS) is 20.0. The summed E-state index contributed by atoms with van der Waals surface area (Å²) in [7, 11) is 0. The van der Waals surface area contributed by atoms with Crippen LogP contribution in [0.3, 0.4) is 0 Å². The van der Waals surface area contributed by atoms with Crippen LogP contribution in [0, 0.1) is 0 Å². The molecule has 0 radical (unpaired) electrons. The second kappa shape index (κ2) is 11.1. The van der Waals surface area contributed by atoms with Gasteiger partial charge in [-0.3, -0.25) is 19.3 Å². The number of aromatic nitrogens is 1. The second-order valence-electron chi connectivity index (χ2n) is 6.33. The first-order valence-electron chi connectivity index (χ1n) is 9.00. The molecule has 2 atom stereocenters. The van der Waals surface area contributed by atoms with Gasteiger partial charge < -0.3 is 25.7 Å². The minimum atomic E-state index is -1.32. The predicted molar refractivity (Wildman–Crippen MR) is 118 cm³/mol. The molecule has 0 bridgehead atoms. The fourth-order valence-corrected chi connectivity index (χ4v) is 4.80. The zero-order valence-electron chi connectivity index (χ0n) is 16.5. The van der Waals surface area contributed by atoms with Crippen LogP contribution >= 0.6 is 23.1 Å². The molecule has 0 saturated carbocycles. The van der Waals surface area contributed by atoms with Gasteiger partial charge in [-0.25, -0.2) is 9.78 Å². The van der Waals surface area contributed by atoms with Crippen molar-refractivity contribution in [1.82, 2.24) is 15.2 Å². The number of aliphatic carboxylic acids is 1. The number of nitrogens with zero attached hydrogens (tertiary/aromatic N) is 3. The average molecular weight is 493 g/mol. The summed E-state index contributed by atoms with van der Waals surface area (Å²) in [6, 6.07) is -0.968. The fraction of sp³-hybridized carbons (Fsp3) is 0.412. The molecule has 2 aliphatic heterocycles. The maximum absolute atomic E-state index is 12.8. The number of anilines is 1. The first-order valence-corrected chi connectivity index (χ1v) is 10.9. The number of rotatable bonds is 8. The first-order chi connectivity index (χ1) is 14.7. The summed E-state index contributed by atoms with van der Waals surface area (Å²) in [5, 5.41) is 17.1. The van der Waals surface area contributed by atoms with Gasteiger partial charge in [-0.05, 0) is 6.92 Å². The van der Waals surface area contributed by atoms with Crippen LogP contribution in [0.15, 0.2) is 21.8 Å². The molecular formula is C17H20N5NaO7S2. The Hall–Kier alpha value is -2.13. The number of carbonyl (C=O) groups is 4. The number of hydrogen-bond acceptors (Lipinski definition) is 11. The monoisotopic (exact) mass is 493 g/mol. The van der Waals surface area contributed by atoms with Crippen molar-refractivity contribution >= 4 is 87.3 Å². The molecule has 12 nitrogen and oxygen atoms in total. The van der Waals surface area contributed by atoms with Crippen molar-refractivity contribution in [2.45, 2.75) is 25.3 Å². The van der Waals surface area contributed by atoms with Crippen molar-refractivity contribution in [2.24, 2.45) is 5.16 Å². The first kappa shape index (κ1) is 26.1. The third kappa shape index (κ3) is 5.43. The zero-order valence-corrected chi connectivity index (χ0v) is 18.1. The van der Waals surface area contributed by atoms with E-state index < -0.39 is 35.2 Å². The number of β-lactam (4-membered cyclic amide) rings is 1. The van der Waals surface area contributed by atoms with Crippen molar-refractivity contribution in [1.29, 1.82) is 0 Å². The molecule has 32 heavy (non-hydrogen) atoms. The summed E-state index contributed by atoms with van der Waals surface area (Å²) in [6.45, 7) is 2.88. The predicted octanol–water partition coefficient (Wildman–Crippen LogP) is -0.881. The topological polar surface area (TPSA) is 174 Å². The number of hydrogen-bond donors (Lipinski definition) is 3. The zero-order chi connectivity index (χ0) is 22.7. The Kier molecular flexibility index (Phi) is 9.09. The molecule has 2 aliphatic rings. The van der Waals surface area contributed by atoms with Crippen LogP contribution in [0.5, 0.6) is 0 Å². The molecule has 0 unspecified atom stereocenters. The Labute approximate surface area is 212 Å². The molecule has 0 aromatic carbocycles. The number of nitrogens with one attached hydrogen (secondary N) is 1. The van der Waals surface area contributed by atoms with Gasteiger partial charge in [0.2, 0.25) is 0 Å². The van der Waals surface area contributed by atoms with Gasteiger partial charge in [0.05, 0.1) is 0 Å². The number of thioether (sulfide) groups is 1. The Balaban J connectivity index is 0.00000363. The maximum atomic E-state index is 12.8. The molecule has 15 heteroatoms. The summed E-state index contributed by atoms with van der Waals surface area (Å²) in [5.74, 6) is -2.96. The van der Waals surface area contributed by atoms with Gasteiger partial charge >= 0.3 is 41.5 Å². The molecule has 3 rings (SSSR count). The summed E-state index contributed by atoms with van der Waals surface area (Å²) in [4.78, 5) is 58.3. The van der Waals surface area contributed by atoms with Crippen molar-refractivity contribution in [2.75, 3.05) is 24.7 Å². The van der Waals surface area contributed by atoms with Gasteiger partial charge in [0.15, 0.2) is 10.8 Å². The van der Waals surface area contributed by atoms with Gasteiger partial charge in [-0.1, -0.05) is 5.16 Å². The van der Waals surface area contributed by atoms with E-state index in [1.165, 1.54) is 24.1 Å². The number of ether oxygens (including phenoxy) is 1. The van der Waals surface area contributed by atoms with E-state index in [0.717, 1.165) is 16.2 Å². The Morgan fingerprint density at radius 1 is 1.44 bits per heavy atom. The van der Waals surface area contributed by atoms with Gasteiger partial charge in [0.1, 0.15) is 36.0 Å². The number of esters is 1. The van der Waals surface area contributed by atoms with E-state index in [-0.39, 0.29) is 70.8 Å². The van der Waals surface area contributed by atoms with E-state index in [1.807, 2.05) is 0 Å². The summed E-state index contributed by atoms with van der Waals surface area (Å²) in [5.41, 5.74) is 5.73. The van der Waals surface area contributed by atoms with E-state index in [4.69, 9.17) is 15.3 Å². The molecule has 0 aliphatic carbocycles. The molecule has 0 spiro atoms. The average Bonchev–Trinajstić information content (AvgIpc) is 3.15. The number of carboxylic acid groups (broad SMARTS) is 1. The van der Waals surface area contributed by atoms with Crippen LogP contribution in [-0.2, 0) is 28.8 Å². The molecule has 1 saturated heterocycles. The number of oxime groups is 1. The third-order valence-electron chi connectivity index (χ3n) is 4.25. The van der Waals surface area contributed by atoms with Crippen LogP contribution < -0.4 is 11.1 Å². The molecule has 2 amide bonds. The number of nitrogen functional groups attached to an aromatic ring is 1. The number of carbonyl (C=O) groups excluding carboxylic acids is 3. The van der Waals surface area contributed by atoms with Crippen molar-refractivity contribution in [3.05, 3.63) is 22.3 Å². The Bertz CT molecular complexity index is 996. The second-order valence-corrected chi connectivity index (χ2v) is 8.32. The molecule has 1 aromatic rings. The summed E-state index contributed by atoms with van der Waals surface area (Å²) in [6.07, 6.45) is 0. The van der Waals surface area contributed by atoms with Gasteiger partial charge in [-0.2, -0.15) is 0 Å². The molecule has 168 valence electrons. The van der Waals surface area contributed by atoms with Crippen molar-refractivity contribution in [3.8, 4) is 0 Å². The molecule has 3 heterocycles. The summed E-state index contributed by atoms with van der Waals surface area (Å²) < 4.78 is 4.89. The van der Waals surface area contributed by atoms with E-state index >= 15 is 0 Å². The number of fused-ring (bicyclic) bond motifs is 1. The van der Waals surface area contributed by atoms with Gasteiger partial charge in [0.25, 0.3) is 11.8 Å². The minimum absolute atomic E-state index is 0. The summed E-state index contributed by atoms with van der Waals surface area (Å²) >= 11 is 2.37. The van der Waals surface area contributed by atoms with E-state index in [9.17, 15) is 24.3 Å². The molecule has 1 aromatic heterocycles. The van der Waals surface area contributed by atoms with E-state index in [2.05, 4.69) is 15.5 Å². The standard InChI is InChI=1S/C17H19N5O7S2.Na.H/c1-3-29-21-10(9-6-31-17(18)19-9)13(24)20-11-14(25)22-12(16(26)27)8(4-28-7(2)23)5-30-15(11)22;;/h6,11,15H,3-5H2,1-2H3,(H2,18,19)(H,20,24)(H,26,27);;/b21-10-;;/t11-,15-;;/m1../s1. The van der Waals surface area contributed by atoms with Crippen LogP contribution in [-0.4, -0.2) is 104 Å². The van der Waals surface area contributed by atoms with Crippen LogP contribution in [0.25, 0.3) is 0 Å². The van der Waals surface area contributed by atoms with Crippen LogP contribution in [0.1, 0.15) is 19.5 Å². The third-order valence-corrected chi connectivity index (χ3v) is 6.26. The number of carboxylic acids is 1. The number of amides is 2.